The highest BCUT2D eigenvalue weighted by Gasteiger charge is 2.48. The van der Waals surface area contributed by atoms with Gasteiger partial charge in [0, 0.05) is 19.5 Å². The normalized spacial score (nSPS) is 26.8. The lowest BCUT2D eigenvalue weighted by atomic mass is 9.83. The Morgan fingerprint density at radius 1 is 1.14 bits per heavy atom. The van der Waals surface area contributed by atoms with Crippen LogP contribution in [0.3, 0.4) is 0 Å². The number of hydrogen-bond acceptors (Lipinski definition) is 3. The number of fused-ring (bicyclic) bond motifs is 2. The number of amides is 1. The fourth-order valence-corrected chi connectivity index (χ4v) is 6.13. The van der Waals surface area contributed by atoms with E-state index in [9.17, 15) is 13.2 Å². The molecular formula is C22H32N2O3S. The molecule has 0 heterocycles. The zero-order valence-electron chi connectivity index (χ0n) is 16.9. The van der Waals surface area contributed by atoms with Crippen LogP contribution < -0.4 is 10.0 Å². The largest absolute Gasteiger partial charge is 0.359 e. The van der Waals surface area contributed by atoms with E-state index in [1.807, 2.05) is 19.1 Å². The maximum absolute atomic E-state index is 12.9. The Kier molecular flexibility index (Phi) is 6.94. The first-order chi connectivity index (χ1) is 13.4. The summed E-state index contributed by atoms with van der Waals surface area (Å²) in [5.41, 5.74) is 1.05. The predicted molar refractivity (Wildman–Crippen MR) is 111 cm³/mol. The Hall–Kier alpha value is -1.66. The third-order valence-electron chi connectivity index (χ3n) is 6.34. The number of carbonyl (C=O) groups is 1. The number of benzene rings is 1. The fourth-order valence-electron chi connectivity index (χ4n) is 4.77. The van der Waals surface area contributed by atoms with Crippen molar-refractivity contribution in [2.75, 3.05) is 7.05 Å². The van der Waals surface area contributed by atoms with Crippen molar-refractivity contribution < 1.29 is 13.2 Å². The van der Waals surface area contributed by atoms with Crippen molar-refractivity contribution in [3.63, 3.8) is 0 Å². The van der Waals surface area contributed by atoms with Crippen LogP contribution in [0.25, 0.3) is 0 Å². The summed E-state index contributed by atoms with van der Waals surface area (Å²) in [5.74, 6) is 1.52. The van der Waals surface area contributed by atoms with E-state index >= 15 is 0 Å². The van der Waals surface area contributed by atoms with Crippen molar-refractivity contribution in [3.05, 3.63) is 42.0 Å². The van der Waals surface area contributed by atoms with Gasteiger partial charge in [-0.3, -0.25) is 4.79 Å². The van der Waals surface area contributed by atoms with E-state index in [4.69, 9.17) is 0 Å². The third kappa shape index (κ3) is 5.03. The number of nitrogens with one attached hydrogen (secondary N) is 2. The van der Waals surface area contributed by atoms with Gasteiger partial charge in [0.05, 0.1) is 4.90 Å². The van der Waals surface area contributed by atoms with Gasteiger partial charge < -0.3 is 5.32 Å². The van der Waals surface area contributed by atoms with Crippen LogP contribution in [-0.2, 0) is 14.8 Å². The number of aryl methyl sites for hydroxylation is 1. The van der Waals surface area contributed by atoms with Crippen molar-refractivity contribution in [2.24, 2.45) is 17.8 Å². The number of carbonyl (C=O) groups excluding carboxylic acids is 1. The van der Waals surface area contributed by atoms with Gasteiger partial charge in [-0.1, -0.05) is 29.8 Å². The van der Waals surface area contributed by atoms with Gasteiger partial charge in [-0.05, 0) is 75.3 Å². The van der Waals surface area contributed by atoms with Gasteiger partial charge in [-0.2, -0.15) is 0 Å². The second-order valence-corrected chi connectivity index (χ2v) is 9.94. The van der Waals surface area contributed by atoms with E-state index in [1.54, 1.807) is 19.2 Å². The van der Waals surface area contributed by atoms with Crippen molar-refractivity contribution in [1.82, 2.24) is 10.0 Å². The first kappa shape index (κ1) is 21.1. The summed E-state index contributed by atoms with van der Waals surface area (Å²) in [6, 6.07) is 7.09. The second-order valence-electron chi connectivity index (χ2n) is 8.23. The van der Waals surface area contributed by atoms with Crippen LogP contribution in [-0.4, -0.2) is 27.4 Å². The molecule has 2 N–H and O–H groups in total. The van der Waals surface area contributed by atoms with Gasteiger partial charge in [0.25, 0.3) is 0 Å². The zero-order valence-corrected chi connectivity index (χ0v) is 17.7. The maximum atomic E-state index is 12.9. The van der Waals surface area contributed by atoms with E-state index in [0.717, 1.165) is 37.7 Å². The Morgan fingerprint density at radius 3 is 2.57 bits per heavy atom. The first-order valence-corrected chi connectivity index (χ1v) is 11.8. The van der Waals surface area contributed by atoms with Crippen molar-refractivity contribution in [1.29, 1.82) is 0 Å². The molecule has 0 aromatic heterocycles. The molecule has 4 atom stereocenters. The van der Waals surface area contributed by atoms with Gasteiger partial charge in [0.2, 0.25) is 15.9 Å². The molecule has 154 valence electrons. The molecule has 0 spiro atoms. The van der Waals surface area contributed by atoms with E-state index in [-0.39, 0.29) is 11.9 Å². The minimum absolute atomic E-state index is 0.0283. The number of sulfonamides is 1. The van der Waals surface area contributed by atoms with E-state index in [0.29, 0.717) is 29.1 Å². The monoisotopic (exact) mass is 404 g/mol. The van der Waals surface area contributed by atoms with Crippen molar-refractivity contribution in [2.45, 2.75) is 62.8 Å². The van der Waals surface area contributed by atoms with Crippen LogP contribution in [0.4, 0.5) is 0 Å². The van der Waals surface area contributed by atoms with Crippen LogP contribution in [0, 0.1) is 24.7 Å². The average Bonchev–Trinajstić information content (AvgIpc) is 3.26. The molecular weight excluding hydrogens is 372 g/mol. The summed E-state index contributed by atoms with van der Waals surface area (Å²) < 4.78 is 28.8. The zero-order chi connectivity index (χ0) is 20.1. The summed E-state index contributed by atoms with van der Waals surface area (Å²) in [5, 5.41) is 2.63. The van der Waals surface area contributed by atoms with Crippen molar-refractivity contribution in [3.8, 4) is 0 Å². The van der Waals surface area contributed by atoms with Gasteiger partial charge in [0.1, 0.15) is 0 Å². The molecule has 2 bridgehead atoms. The topological polar surface area (TPSA) is 75.3 Å². The van der Waals surface area contributed by atoms with Gasteiger partial charge in [0.15, 0.2) is 0 Å². The van der Waals surface area contributed by atoms with Gasteiger partial charge in [-0.15, -0.1) is 0 Å². The number of rotatable bonds is 9. The number of unbranched alkanes of at least 4 members (excludes halogenated alkanes) is 1. The Balaban J connectivity index is 1.58. The molecule has 4 unspecified atom stereocenters. The predicted octanol–water partition coefficient (Wildman–Crippen LogP) is 3.55. The van der Waals surface area contributed by atoms with Crippen molar-refractivity contribution >= 4 is 15.9 Å². The summed E-state index contributed by atoms with van der Waals surface area (Å²) in [6.45, 7) is 1.96. The lowest BCUT2D eigenvalue weighted by molar-refractivity contribution is -0.120. The van der Waals surface area contributed by atoms with Crippen LogP contribution in [0.1, 0.15) is 50.5 Å². The fraction of sp³-hybridized carbons (Fsp3) is 0.591. The van der Waals surface area contributed by atoms with Crippen LogP contribution in [0.5, 0.6) is 0 Å². The summed E-state index contributed by atoms with van der Waals surface area (Å²) >= 11 is 0. The standard InChI is InChI=1S/C22H32N2O3S/c1-16-9-13-19(14-10-16)28(26,27)24-22-18-12-11-17(15-18)20(22)7-5-3-4-6-8-21(25)23-2/h3,5,9-10,13-14,17-18,20,22,24H,4,6-8,11-12,15H2,1-2H3,(H,23,25). The molecule has 0 aliphatic heterocycles. The molecule has 2 aliphatic carbocycles. The molecule has 2 saturated carbocycles. The molecule has 2 aliphatic rings. The molecule has 0 saturated heterocycles. The third-order valence-corrected chi connectivity index (χ3v) is 7.81. The molecule has 6 heteroatoms. The highest BCUT2D eigenvalue weighted by molar-refractivity contribution is 7.89. The number of allylic oxidation sites excluding steroid dienone is 2. The molecule has 0 radical (unpaired) electrons. The smallest absolute Gasteiger partial charge is 0.240 e. The summed E-state index contributed by atoms with van der Waals surface area (Å²) in [4.78, 5) is 11.6. The van der Waals surface area contributed by atoms with Crippen LogP contribution in [0.2, 0.25) is 0 Å². The Bertz CT molecular complexity index is 802. The molecule has 3 rings (SSSR count). The Labute approximate surface area is 169 Å². The summed E-state index contributed by atoms with van der Waals surface area (Å²) in [6.07, 6.45) is 11.0. The molecule has 28 heavy (non-hydrogen) atoms. The molecule has 5 nitrogen and oxygen atoms in total. The highest BCUT2D eigenvalue weighted by Crippen LogP contribution is 2.50. The van der Waals surface area contributed by atoms with Crippen LogP contribution in [0.15, 0.2) is 41.3 Å². The molecule has 1 aromatic carbocycles. The SMILES string of the molecule is CNC(=O)CCCC=CCC1C2CCC(C2)C1NS(=O)(=O)c1ccc(C)cc1. The van der Waals surface area contributed by atoms with Gasteiger partial charge in [-0.25, -0.2) is 13.1 Å². The lowest BCUT2D eigenvalue weighted by Crippen LogP contribution is -2.43. The summed E-state index contributed by atoms with van der Waals surface area (Å²) in [7, 11) is -1.83. The maximum Gasteiger partial charge on any atom is 0.240 e. The molecule has 1 aromatic rings. The van der Waals surface area contributed by atoms with E-state index < -0.39 is 10.0 Å². The van der Waals surface area contributed by atoms with E-state index in [1.165, 1.54) is 6.42 Å². The first-order valence-electron chi connectivity index (χ1n) is 10.4. The lowest BCUT2D eigenvalue weighted by Gasteiger charge is -2.31. The van der Waals surface area contributed by atoms with Crippen LogP contribution >= 0.6 is 0 Å². The van der Waals surface area contributed by atoms with E-state index in [2.05, 4.69) is 22.2 Å². The van der Waals surface area contributed by atoms with Gasteiger partial charge >= 0.3 is 0 Å². The second kappa shape index (κ2) is 9.23. The Morgan fingerprint density at radius 2 is 1.86 bits per heavy atom. The highest BCUT2D eigenvalue weighted by atomic mass is 32.2. The quantitative estimate of drug-likeness (QED) is 0.488. The number of hydrogen-bond donors (Lipinski definition) is 2. The minimum atomic E-state index is -3.49. The molecule has 2 fully saturated rings. The molecule has 1 amide bonds. The minimum Gasteiger partial charge on any atom is -0.359 e. The average molecular weight is 405 g/mol.